The van der Waals surface area contributed by atoms with Gasteiger partial charge in [-0.05, 0) is 87.3 Å². The molecule has 0 radical (unpaired) electrons. The predicted molar refractivity (Wildman–Crippen MR) is 149 cm³/mol. The molecule has 4 heteroatoms. The molecule has 2 saturated carbocycles. The van der Waals surface area contributed by atoms with Gasteiger partial charge in [0, 0.05) is 28.4 Å². The molecule has 188 valence electrons. The Morgan fingerprint density at radius 3 is 2.12 bits per heavy atom. The van der Waals surface area contributed by atoms with Crippen LogP contribution in [0.5, 0.6) is 0 Å². The van der Waals surface area contributed by atoms with Crippen molar-refractivity contribution >= 4 is 21.8 Å². The molecule has 0 aliphatic heterocycles. The number of aryl methyl sites for hydroxylation is 1. The van der Waals surface area contributed by atoms with Crippen LogP contribution in [0.2, 0.25) is 0 Å². The topological polar surface area (TPSA) is 34.0 Å². The molecule has 2 aliphatic carbocycles. The van der Waals surface area contributed by atoms with E-state index in [2.05, 4.69) is 78.6 Å². The smallest absolute Gasteiger partial charge is 0.253 e. The zero-order valence-corrected chi connectivity index (χ0v) is 23.7. The molecule has 1 N–H and O–H groups in total. The van der Waals surface area contributed by atoms with Crippen molar-refractivity contribution in [3.8, 4) is 11.3 Å². The molecule has 2 fully saturated rings. The summed E-state index contributed by atoms with van der Waals surface area (Å²) in [6.45, 7) is 11.7. The highest BCUT2D eigenvalue weighted by Crippen LogP contribution is 2.34. The highest BCUT2D eigenvalue weighted by atomic mass is 79.9. The van der Waals surface area contributed by atoms with Crippen LogP contribution in [-0.4, -0.2) is 16.5 Å². The van der Waals surface area contributed by atoms with Crippen molar-refractivity contribution in [1.29, 1.82) is 0 Å². The van der Waals surface area contributed by atoms with Crippen LogP contribution in [0.4, 0.5) is 0 Å². The first-order chi connectivity index (χ1) is 16.3. The van der Waals surface area contributed by atoms with E-state index in [-0.39, 0.29) is 5.91 Å². The van der Waals surface area contributed by atoms with E-state index < -0.39 is 0 Å². The van der Waals surface area contributed by atoms with Gasteiger partial charge in [-0.1, -0.05) is 74.7 Å². The Labute approximate surface area is 216 Å². The van der Waals surface area contributed by atoms with Crippen molar-refractivity contribution in [2.45, 2.75) is 118 Å². The Morgan fingerprint density at radius 1 is 0.941 bits per heavy atom. The van der Waals surface area contributed by atoms with E-state index in [1.165, 1.54) is 80.2 Å². The molecule has 0 atom stereocenters. The third-order valence-corrected chi connectivity index (χ3v) is 8.44. The second-order valence-electron chi connectivity index (χ2n) is 10.6. The lowest BCUT2D eigenvalue weighted by Gasteiger charge is -2.25. The summed E-state index contributed by atoms with van der Waals surface area (Å²) in [4.78, 5) is 13.3. The summed E-state index contributed by atoms with van der Waals surface area (Å²) in [5.74, 6) is 0.818. The second-order valence-corrected chi connectivity index (χ2v) is 11.4. The number of amides is 1. The summed E-state index contributed by atoms with van der Waals surface area (Å²) in [6, 6.07) is 6.97. The van der Waals surface area contributed by atoms with E-state index in [4.69, 9.17) is 0 Å². The SMILES string of the molecule is CCC.Cc1cc(-c2cc(C(=O)NC3CCCCC3)c(C)n2CC2CCCCC2)cc(Br)c1C. The number of nitrogens with one attached hydrogen (secondary N) is 1. The zero-order valence-electron chi connectivity index (χ0n) is 22.1. The Hall–Kier alpha value is -1.55. The lowest BCUT2D eigenvalue weighted by Crippen LogP contribution is -2.36. The van der Waals surface area contributed by atoms with Gasteiger partial charge in [0.15, 0.2) is 0 Å². The molecule has 0 saturated heterocycles. The molecule has 1 heterocycles. The Morgan fingerprint density at radius 2 is 1.53 bits per heavy atom. The molecule has 1 aromatic heterocycles. The van der Waals surface area contributed by atoms with Crippen LogP contribution in [-0.2, 0) is 6.54 Å². The molecule has 1 amide bonds. The van der Waals surface area contributed by atoms with E-state index in [9.17, 15) is 4.79 Å². The van der Waals surface area contributed by atoms with Crippen LogP contribution in [0.1, 0.15) is 112 Å². The van der Waals surface area contributed by atoms with Crippen molar-refractivity contribution in [2.24, 2.45) is 5.92 Å². The molecule has 2 aromatic rings. The molecule has 4 rings (SSSR count). The van der Waals surface area contributed by atoms with Crippen molar-refractivity contribution in [3.63, 3.8) is 0 Å². The van der Waals surface area contributed by atoms with E-state index in [1.54, 1.807) is 0 Å². The number of hydrogen-bond donors (Lipinski definition) is 1. The number of halogens is 1. The Bertz CT molecular complexity index is 926. The highest BCUT2D eigenvalue weighted by molar-refractivity contribution is 9.10. The first kappa shape index (κ1) is 27.0. The number of aromatic nitrogens is 1. The summed E-state index contributed by atoms with van der Waals surface area (Å²) in [6.07, 6.45) is 13.9. The van der Waals surface area contributed by atoms with Gasteiger partial charge in [0.1, 0.15) is 0 Å². The van der Waals surface area contributed by atoms with Gasteiger partial charge in [-0.3, -0.25) is 4.79 Å². The fraction of sp³-hybridized carbons (Fsp3) is 0.633. The maximum absolute atomic E-state index is 13.3. The van der Waals surface area contributed by atoms with Gasteiger partial charge in [0.2, 0.25) is 0 Å². The van der Waals surface area contributed by atoms with Crippen LogP contribution < -0.4 is 5.32 Å². The molecule has 0 spiro atoms. The van der Waals surface area contributed by atoms with Gasteiger partial charge in [-0.2, -0.15) is 0 Å². The average molecular weight is 530 g/mol. The quantitative estimate of drug-likeness (QED) is 0.412. The van der Waals surface area contributed by atoms with Crippen LogP contribution in [0.3, 0.4) is 0 Å². The molecule has 0 unspecified atom stereocenters. The number of benzene rings is 1. The molecular weight excluding hydrogens is 484 g/mol. The molecule has 34 heavy (non-hydrogen) atoms. The van der Waals surface area contributed by atoms with E-state index in [1.807, 2.05) is 0 Å². The van der Waals surface area contributed by atoms with Gasteiger partial charge >= 0.3 is 0 Å². The van der Waals surface area contributed by atoms with Crippen molar-refractivity contribution in [3.05, 3.63) is 45.1 Å². The Kier molecular flexibility index (Phi) is 10.3. The first-order valence-corrected chi connectivity index (χ1v) is 14.4. The van der Waals surface area contributed by atoms with Crippen LogP contribution in [0.25, 0.3) is 11.3 Å². The van der Waals surface area contributed by atoms with Crippen molar-refractivity contribution in [2.75, 3.05) is 0 Å². The number of carbonyl (C=O) groups excluding carboxylic acids is 1. The summed E-state index contributed by atoms with van der Waals surface area (Å²) in [5.41, 5.74) is 6.90. The minimum Gasteiger partial charge on any atom is -0.349 e. The van der Waals surface area contributed by atoms with Crippen LogP contribution in [0.15, 0.2) is 22.7 Å². The minimum atomic E-state index is 0.107. The highest BCUT2D eigenvalue weighted by Gasteiger charge is 2.24. The summed E-state index contributed by atoms with van der Waals surface area (Å²) in [5, 5.41) is 3.34. The van der Waals surface area contributed by atoms with Crippen LogP contribution in [0, 0.1) is 26.7 Å². The number of hydrogen-bond acceptors (Lipinski definition) is 1. The van der Waals surface area contributed by atoms with Crippen molar-refractivity contribution < 1.29 is 4.79 Å². The fourth-order valence-electron chi connectivity index (χ4n) is 5.45. The lowest BCUT2D eigenvalue weighted by molar-refractivity contribution is 0.0927. The maximum atomic E-state index is 13.3. The summed E-state index contributed by atoms with van der Waals surface area (Å²) in [7, 11) is 0. The summed E-state index contributed by atoms with van der Waals surface area (Å²) >= 11 is 3.75. The predicted octanol–water partition coefficient (Wildman–Crippen LogP) is 8.90. The molecule has 1 aromatic carbocycles. The van der Waals surface area contributed by atoms with Gasteiger partial charge in [-0.15, -0.1) is 0 Å². The molecule has 3 nitrogen and oxygen atoms in total. The molecular formula is C30H45BrN2O. The second kappa shape index (κ2) is 13.0. The number of rotatable bonds is 5. The standard InChI is InChI=1S/C27H37BrN2O.C3H8/c1-18-14-22(15-25(28)19(18)2)26-16-24(27(31)29-23-12-8-5-9-13-23)20(3)30(26)17-21-10-6-4-7-11-21;1-3-2/h14-16,21,23H,4-13,17H2,1-3H3,(H,29,31);3H2,1-2H3. The minimum absolute atomic E-state index is 0.107. The lowest BCUT2D eigenvalue weighted by atomic mass is 9.89. The largest absolute Gasteiger partial charge is 0.349 e. The maximum Gasteiger partial charge on any atom is 0.253 e. The van der Waals surface area contributed by atoms with Gasteiger partial charge in [-0.25, -0.2) is 0 Å². The van der Waals surface area contributed by atoms with Crippen molar-refractivity contribution in [1.82, 2.24) is 9.88 Å². The average Bonchev–Trinajstić information content (AvgIpc) is 3.15. The van der Waals surface area contributed by atoms with Gasteiger partial charge < -0.3 is 9.88 Å². The van der Waals surface area contributed by atoms with E-state index in [0.717, 1.165) is 35.1 Å². The van der Waals surface area contributed by atoms with Crippen LogP contribution >= 0.6 is 15.9 Å². The number of carbonyl (C=O) groups is 1. The fourth-order valence-corrected chi connectivity index (χ4v) is 6.01. The molecule has 2 aliphatic rings. The zero-order chi connectivity index (χ0) is 24.7. The monoisotopic (exact) mass is 528 g/mol. The normalized spacial score (nSPS) is 17.2. The van der Waals surface area contributed by atoms with E-state index in [0.29, 0.717) is 12.0 Å². The Balaban J connectivity index is 0.00000103. The summed E-state index contributed by atoms with van der Waals surface area (Å²) < 4.78 is 3.57. The van der Waals surface area contributed by atoms with E-state index >= 15 is 0 Å². The molecule has 0 bridgehead atoms. The number of nitrogens with zero attached hydrogens (tertiary/aromatic N) is 1. The van der Waals surface area contributed by atoms with Gasteiger partial charge in [0.25, 0.3) is 5.91 Å². The third kappa shape index (κ3) is 6.77. The third-order valence-electron chi connectivity index (χ3n) is 7.62. The first-order valence-electron chi connectivity index (χ1n) is 13.6. The van der Waals surface area contributed by atoms with Gasteiger partial charge in [0.05, 0.1) is 5.56 Å².